The quantitative estimate of drug-likeness (QED) is 0.478. The zero-order chi connectivity index (χ0) is 22.3. The van der Waals surface area contributed by atoms with Crippen molar-refractivity contribution in [3.8, 4) is 5.75 Å². The number of aliphatic hydroxyl groups is 1. The number of rotatable bonds is 9. The van der Waals surface area contributed by atoms with Crippen molar-refractivity contribution in [2.75, 3.05) is 59.5 Å². The highest BCUT2D eigenvalue weighted by atomic mass is 16.5. The summed E-state index contributed by atoms with van der Waals surface area (Å²) in [5, 5.41) is 13.4. The maximum absolute atomic E-state index is 12.8. The Morgan fingerprint density at radius 3 is 2.53 bits per heavy atom. The fourth-order valence-corrected chi connectivity index (χ4v) is 4.41. The van der Waals surface area contributed by atoms with Crippen LogP contribution >= 0.6 is 0 Å². The van der Waals surface area contributed by atoms with E-state index in [1.54, 1.807) is 7.11 Å². The number of carbonyl (C=O) groups excluding carboxylic acids is 1. The Kier molecular flexibility index (Phi) is 7.42. The highest BCUT2D eigenvalue weighted by molar-refractivity contribution is 5.84. The van der Waals surface area contributed by atoms with Gasteiger partial charge in [-0.3, -0.25) is 14.6 Å². The van der Waals surface area contributed by atoms with Gasteiger partial charge in [0.25, 0.3) is 0 Å². The van der Waals surface area contributed by atoms with Crippen LogP contribution in [0.25, 0.3) is 10.9 Å². The Labute approximate surface area is 189 Å². The first-order valence-electron chi connectivity index (χ1n) is 11.2. The summed E-state index contributed by atoms with van der Waals surface area (Å²) in [6.07, 6.45) is 2.05. The number of aromatic nitrogens is 1. The summed E-state index contributed by atoms with van der Waals surface area (Å²) in [7, 11) is 1.66. The van der Waals surface area contributed by atoms with Gasteiger partial charge in [-0.05, 0) is 29.3 Å². The molecule has 0 spiro atoms. The van der Waals surface area contributed by atoms with Gasteiger partial charge in [0, 0.05) is 62.3 Å². The van der Waals surface area contributed by atoms with Crippen LogP contribution < -0.4 is 10.1 Å². The summed E-state index contributed by atoms with van der Waals surface area (Å²) >= 11 is 0. The summed E-state index contributed by atoms with van der Waals surface area (Å²) in [5.41, 5.74) is 3.39. The average Bonchev–Trinajstić information content (AvgIpc) is 3.25. The highest BCUT2D eigenvalue weighted by Crippen LogP contribution is 2.31. The first-order valence-corrected chi connectivity index (χ1v) is 11.2. The second kappa shape index (κ2) is 10.6. The van der Waals surface area contributed by atoms with Crippen LogP contribution in [0.5, 0.6) is 5.75 Å². The van der Waals surface area contributed by atoms with E-state index in [0.29, 0.717) is 19.6 Å². The molecule has 1 fully saturated rings. The van der Waals surface area contributed by atoms with E-state index in [1.807, 2.05) is 30.5 Å². The number of hydrogen-bond donors (Lipinski definition) is 3. The van der Waals surface area contributed by atoms with E-state index in [4.69, 9.17) is 9.84 Å². The molecule has 170 valence electrons. The van der Waals surface area contributed by atoms with E-state index < -0.39 is 0 Å². The number of ether oxygens (including phenoxy) is 1. The van der Waals surface area contributed by atoms with Crippen molar-refractivity contribution in [2.24, 2.45) is 0 Å². The SMILES string of the molecule is COc1ccc(C(CNC(=O)CN2CCN(CCO)CC2)c2c[nH]c3ccccc23)cc1. The standard InChI is InChI=1S/C25H32N4O3/c1-32-20-8-6-19(7-9-20)22(23-17-26-24-5-3-2-4-21(23)24)16-27-25(31)18-29-12-10-28(11-13-29)14-15-30/h2-9,17,22,26,30H,10-16,18H2,1H3,(H,27,31). The number of nitrogens with zero attached hydrogens (tertiary/aromatic N) is 2. The Hall–Kier alpha value is -2.87. The normalized spacial score (nSPS) is 16.2. The maximum atomic E-state index is 12.8. The average molecular weight is 437 g/mol. The minimum absolute atomic E-state index is 0.0300. The van der Waals surface area contributed by atoms with Crippen molar-refractivity contribution in [3.05, 3.63) is 65.9 Å². The van der Waals surface area contributed by atoms with Crippen molar-refractivity contribution >= 4 is 16.8 Å². The third kappa shape index (κ3) is 5.30. The molecule has 1 aliphatic heterocycles. The predicted octanol–water partition coefficient (Wildman–Crippen LogP) is 2.03. The second-order valence-corrected chi connectivity index (χ2v) is 8.26. The van der Waals surface area contributed by atoms with Gasteiger partial charge in [0.15, 0.2) is 0 Å². The van der Waals surface area contributed by atoms with Crippen LogP contribution in [0.4, 0.5) is 0 Å². The monoisotopic (exact) mass is 436 g/mol. The molecule has 3 N–H and O–H groups in total. The molecule has 2 aromatic carbocycles. The number of amides is 1. The molecule has 0 radical (unpaired) electrons. The van der Waals surface area contributed by atoms with Crippen molar-refractivity contribution < 1.29 is 14.6 Å². The first-order chi connectivity index (χ1) is 15.7. The second-order valence-electron chi connectivity index (χ2n) is 8.26. The molecule has 3 aromatic rings. The van der Waals surface area contributed by atoms with Gasteiger partial charge in [0.1, 0.15) is 5.75 Å². The van der Waals surface area contributed by atoms with Crippen molar-refractivity contribution in [1.82, 2.24) is 20.1 Å². The number of hydrogen-bond acceptors (Lipinski definition) is 5. The zero-order valence-corrected chi connectivity index (χ0v) is 18.6. The number of para-hydroxylation sites is 1. The molecule has 1 aromatic heterocycles. The number of H-pyrrole nitrogens is 1. The number of carbonyl (C=O) groups is 1. The van der Waals surface area contributed by atoms with Crippen molar-refractivity contribution in [1.29, 1.82) is 0 Å². The molecule has 1 amide bonds. The van der Waals surface area contributed by atoms with Gasteiger partial charge in [0.05, 0.1) is 20.3 Å². The predicted molar refractivity (Wildman–Crippen MR) is 126 cm³/mol. The Morgan fingerprint density at radius 1 is 1.09 bits per heavy atom. The van der Waals surface area contributed by atoms with Gasteiger partial charge >= 0.3 is 0 Å². The fraction of sp³-hybridized carbons (Fsp3) is 0.400. The number of nitrogens with one attached hydrogen (secondary N) is 2. The van der Waals surface area contributed by atoms with E-state index >= 15 is 0 Å². The zero-order valence-electron chi connectivity index (χ0n) is 18.6. The van der Waals surface area contributed by atoms with Crippen LogP contribution in [0.2, 0.25) is 0 Å². The lowest BCUT2D eigenvalue weighted by molar-refractivity contribution is -0.122. The van der Waals surface area contributed by atoms with Gasteiger partial charge in [0.2, 0.25) is 5.91 Å². The lowest BCUT2D eigenvalue weighted by Gasteiger charge is -2.33. The van der Waals surface area contributed by atoms with E-state index in [-0.39, 0.29) is 18.4 Å². The third-order valence-electron chi connectivity index (χ3n) is 6.27. The summed E-state index contributed by atoms with van der Waals surface area (Å²) in [6.45, 7) is 5.27. The minimum atomic E-state index is 0.0300. The van der Waals surface area contributed by atoms with Crippen LogP contribution in [-0.2, 0) is 4.79 Å². The van der Waals surface area contributed by atoms with Gasteiger partial charge in [-0.2, -0.15) is 0 Å². The molecule has 1 unspecified atom stereocenters. The molecule has 7 heteroatoms. The van der Waals surface area contributed by atoms with E-state index in [1.165, 1.54) is 10.9 Å². The molecule has 1 atom stereocenters. The molecule has 4 rings (SSSR count). The number of β-amino-alcohol motifs (C(OH)–C–C–N with tert-alkyl or cyclic N) is 1. The van der Waals surface area contributed by atoms with Gasteiger partial charge < -0.3 is 20.1 Å². The lowest BCUT2D eigenvalue weighted by Crippen LogP contribution is -2.50. The van der Waals surface area contributed by atoms with Gasteiger partial charge in [-0.15, -0.1) is 0 Å². The van der Waals surface area contributed by atoms with Crippen molar-refractivity contribution in [2.45, 2.75) is 5.92 Å². The Bertz CT molecular complexity index is 1010. The van der Waals surface area contributed by atoms with Gasteiger partial charge in [-0.1, -0.05) is 30.3 Å². The third-order valence-corrected chi connectivity index (χ3v) is 6.27. The number of piperazine rings is 1. The Balaban J connectivity index is 1.44. The lowest BCUT2D eigenvalue weighted by atomic mass is 9.90. The van der Waals surface area contributed by atoms with E-state index in [9.17, 15) is 4.79 Å². The van der Waals surface area contributed by atoms with E-state index in [0.717, 1.165) is 43.0 Å². The minimum Gasteiger partial charge on any atom is -0.497 e. The first kappa shape index (κ1) is 22.3. The fourth-order valence-electron chi connectivity index (χ4n) is 4.41. The molecule has 0 aliphatic carbocycles. The van der Waals surface area contributed by atoms with Gasteiger partial charge in [-0.25, -0.2) is 0 Å². The summed E-state index contributed by atoms with van der Waals surface area (Å²) in [5.74, 6) is 0.886. The Morgan fingerprint density at radius 2 is 1.81 bits per heavy atom. The van der Waals surface area contributed by atoms with E-state index in [2.05, 4.69) is 44.4 Å². The largest absolute Gasteiger partial charge is 0.497 e. The van der Waals surface area contributed by atoms with Crippen LogP contribution in [0.3, 0.4) is 0 Å². The molecule has 1 aliphatic rings. The summed E-state index contributed by atoms with van der Waals surface area (Å²) < 4.78 is 5.32. The molecule has 32 heavy (non-hydrogen) atoms. The number of aliphatic hydroxyl groups excluding tert-OH is 1. The molecular weight excluding hydrogens is 404 g/mol. The van der Waals surface area contributed by atoms with Crippen LogP contribution in [0, 0.1) is 0 Å². The summed E-state index contributed by atoms with van der Waals surface area (Å²) in [6, 6.07) is 16.3. The van der Waals surface area contributed by atoms with Crippen LogP contribution in [0.1, 0.15) is 17.0 Å². The van der Waals surface area contributed by atoms with Crippen LogP contribution in [0.15, 0.2) is 54.7 Å². The molecule has 0 bridgehead atoms. The summed E-state index contributed by atoms with van der Waals surface area (Å²) in [4.78, 5) is 20.5. The van der Waals surface area contributed by atoms with Crippen LogP contribution in [-0.4, -0.2) is 85.3 Å². The number of methoxy groups -OCH3 is 1. The number of benzene rings is 2. The number of aromatic amines is 1. The molecule has 1 saturated heterocycles. The van der Waals surface area contributed by atoms with Crippen molar-refractivity contribution in [3.63, 3.8) is 0 Å². The molecule has 2 heterocycles. The number of fused-ring (bicyclic) bond motifs is 1. The maximum Gasteiger partial charge on any atom is 0.234 e. The molecule has 0 saturated carbocycles. The molecule has 7 nitrogen and oxygen atoms in total. The smallest absolute Gasteiger partial charge is 0.234 e. The molecular formula is C25H32N4O3. The highest BCUT2D eigenvalue weighted by Gasteiger charge is 2.21. The topological polar surface area (TPSA) is 80.8 Å².